The molecule has 0 heterocycles. The lowest BCUT2D eigenvalue weighted by atomic mass is 10.1. The van der Waals surface area contributed by atoms with Crippen LogP contribution in [0.4, 0.5) is 0 Å². The quantitative estimate of drug-likeness (QED) is 0.756. The zero-order chi connectivity index (χ0) is 16.3. The molecule has 0 aromatic heterocycles. The molecule has 0 radical (unpaired) electrons. The Balaban J connectivity index is 2.60. The first kappa shape index (κ1) is 16.6. The summed E-state index contributed by atoms with van der Waals surface area (Å²) >= 11 is 11.8. The number of aryl methyl sites for hydroxylation is 1. The van der Waals surface area contributed by atoms with Crippen molar-refractivity contribution in [2.45, 2.75) is 11.8 Å². The molecule has 22 heavy (non-hydrogen) atoms. The predicted octanol–water partition coefficient (Wildman–Crippen LogP) is 4.64. The van der Waals surface area contributed by atoms with E-state index in [1.54, 1.807) is 24.3 Å². The molecule has 0 spiro atoms. The van der Waals surface area contributed by atoms with Gasteiger partial charge in [0.15, 0.2) is 0 Å². The number of halogens is 2. The van der Waals surface area contributed by atoms with Crippen LogP contribution in [0.5, 0.6) is 0 Å². The molecule has 2 aromatic carbocycles. The minimum absolute atomic E-state index is 0.0230. The zero-order valence-corrected chi connectivity index (χ0v) is 13.9. The number of nitrogens with zero attached hydrogens (tertiary/aromatic N) is 1. The highest BCUT2D eigenvalue weighted by Gasteiger charge is 2.24. The molecule has 2 rings (SSSR count). The Morgan fingerprint density at radius 3 is 2.55 bits per heavy atom. The highest BCUT2D eigenvalue weighted by molar-refractivity contribution is 7.95. The third-order valence-electron chi connectivity index (χ3n) is 2.92. The SMILES string of the molecule is Cc1cccc(/C=C(\C#N)S(=O)(=O)c2cc(Cl)ccc2Cl)c1. The highest BCUT2D eigenvalue weighted by atomic mass is 35.5. The van der Waals surface area contributed by atoms with Gasteiger partial charge >= 0.3 is 0 Å². The maximum Gasteiger partial charge on any atom is 0.218 e. The van der Waals surface area contributed by atoms with Crippen LogP contribution in [0.25, 0.3) is 6.08 Å². The van der Waals surface area contributed by atoms with Gasteiger partial charge in [0.05, 0.1) is 9.92 Å². The smallest absolute Gasteiger partial charge is 0.218 e. The Hall–Kier alpha value is -1.80. The summed E-state index contributed by atoms with van der Waals surface area (Å²) < 4.78 is 25.2. The topological polar surface area (TPSA) is 57.9 Å². The van der Waals surface area contributed by atoms with Crippen LogP contribution in [0.2, 0.25) is 10.0 Å². The van der Waals surface area contributed by atoms with E-state index in [1.165, 1.54) is 24.3 Å². The van der Waals surface area contributed by atoms with Gasteiger partial charge in [0.2, 0.25) is 9.84 Å². The van der Waals surface area contributed by atoms with Crippen LogP contribution in [0.3, 0.4) is 0 Å². The molecular weight excluding hydrogens is 341 g/mol. The van der Waals surface area contributed by atoms with Crippen molar-refractivity contribution < 1.29 is 8.42 Å². The lowest BCUT2D eigenvalue weighted by Gasteiger charge is -2.06. The molecule has 0 bridgehead atoms. The second-order valence-corrected chi connectivity index (χ2v) is 7.34. The molecule has 0 unspecified atom stereocenters. The summed E-state index contributed by atoms with van der Waals surface area (Å²) in [6, 6.07) is 13.0. The Kier molecular flexibility index (Phi) is 4.92. The summed E-state index contributed by atoms with van der Waals surface area (Å²) in [5.74, 6) is 0. The van der Waals surface area contributed by atoms with Gasteiger partial charge in [0.1, 0.15) is 11.0 Å². The largest absolute Gasteiger partial charge is 0.218 e. The summed E-state index contributed by atoms with van der Waals surface area (Å²) in [5, 5.41) is 9.50. The average Bonchev–Trinajstić information content (AvgIpc) is 2.47. The van der Waals surface area contributed by atoms with E-state index in [-0.39, 0.29) is 19.8 Å². The second kappa shape index (κ2) is 6.53. The molecule has 2 aromatic rings. The van der Waals surface area contributed by atoms with Crippen LogP contribution in [0.15, 0.2) is 52.3 Å². The van der Waals surface area contributed by atoms with E-state index < -0.39 is 9.84 Å². The van der Waals surface area contributed by atoms with E-state index in [4.69, 9.17) is 23.2 Å². The number of nitriles is 1. The molecule has 0 atom stereocenters. The fourth-order valence-corrected chi connectivity index (χ4v) is 3.80. The number of sulfone groups is 1. The number of hydrogen-bond acceptors (Lipinski definition) is 3. The average molecular weight is 352 g/mol. The molecule has 3 nitrogen and oxygen atoms in total. The Morgan fingerprint density at radius 2 is 1.91 bits per heavy atom. The lowest BCUT2D eigenvalue weighted by molar-refractivity contribution is 0.603. The van der Waals surface area contributed by atoms with Gasteiger partial charge in [-0.25, -0.2) is 8.42 Å². The Bertz CT molecular complexity index is 897. The van der Waals surface area contributed by atoms with Crippen molar-refractivity contribution in [1.82, 2.24) is 0 Å². The summed E-state index contributed by atoms with van der Waals surface area (Å²) in [7, 11) is -4.03. The summed E-state index contributed by atoms with van der Waals surface area (Å²) in [6.45, 7) is 1.88. The van der Waals surface area contributed by atoms with E-state index in [9.17, 15) is 13.7 Å². The standard InChI is InChI=1S/C16H11Cl2NO2S/c1-11-3-2-4-12(7-11)8-14(10-19)22(20,21)16-9-13(17)5-6-15(16)18/h2-9H,1H3/b14-8+. The van der Waals surface area contributed by atoms with E-state index >= 15 is 0 Å². The zero-order valence-electron chi connectivity index (χ0n) is 11.5. The molecule has 0 aliphatic carbocycles. The van der Waals surface area contributed by atoms with Crippen molar-refractivity contribution in [3.05, 3.63) is 68.5 Å². The molecule has 0 aliphatic rings. The number of allylic oxidation sites excluding steroid dienone is 1. The third kappa shape index (κ3) is 3.50. The van der Waals surface area contributed by atoms with Crippen molar-refractivity contribution in [3.63, 3.8) is 0 Å². The minimum Gasteiger partial charge on any atom is -0.218 e. The maximum absolute atomic E-state index is 12.6. The van der Waals surface area contributed by atoms with Gasteiger partial charge in [0, 0.05) is 5.02 Å². The molecule has 0 aliphatic heterocycles. The molecule has 0 saturated heterocycles. The second-order valence-electron chi connectivity index (χ2n) is 4.61. The fraction of sp³-hybridized carbons (Fsp3) is 0.0625. The number of hydrogen-bond donors (Lipinski definition) is 0. The molecule has 0 fully saturated rings. The van der Waals surface area contributed by atoms with Gasteiger partial charge in [-0.1, -0.05) is 53.0 Å². The van der Waals surface area contributed by atoms with Gasteiger partial charge in [-0.05, 0) is 36.8 Å². The summed E-state index contributed by atoms with van der Waals surface area (Å²) in [4.78, 5) is -0.565. The summed E-state index contributed by atoms with van der Waals surface area (Å²) in [6.07, 6.45) is 1.32. The lowest BCUT2D eigenvalue weighted by Crippen LogP contribution is -2.04. The van der Waals surface area contributed by atoms with E-state index in [0.717, 1.165) is 5.56 Å². The van der Waals surface area contributed by atoms with Gasteiger partial charge in [-0.15, -0.1) is 0 Å². The van der Waals surface area contributed by atoms with Crippen LogP contribution in [0, 0.1) is 18.3 Å². The van der Waals surface area contributed by atoms with E-state index in [0.29, 0.717) is 5.56 Å². The first-order chi connectivity index (χ1) is 10.3. The van der Waals surface area contributed by atoms with E-state index in [2.05, 4.69) is 0 Å². The van der Waals surface area contributed by atoms with Gasteiger partial charge < -0.3 is 0 Å². The Labute approximate surface area is 139 Å². The first-order valence-electron chi connectivity index (χ1n) is 6.23. The van der Waals surface area contributed by atoms with Crippen molar-refractivity contribution in [2.75, 3.05) is 0 Å². The van der Waals surface area contributed by atoms with Crippen LogP contribution < -0.4 is 0 Å². The van der Waals surface area contributed by atoms with Crippen LogP contribution in [-0.4, -0.2) is 8.42 Å². The highest BCUT2D eigenvalue weighted by Crippen LogP contribution is 2.30. The van der Waals surface area contributed by atoms with E-state index in [1.807, 2.05) is 13.0 Å². The summed E-state index contributed by atoms with van der Waals surface area (Å²) in [5.41, 5.74) is 1.59. The fourth-order valence-electron chi connectivity index (χ4n) is 1.88. The Morgan fingerprint density at radius 1 is 1.18 bits per heavy atom. The van der Waals surface area contributed by atoms with Crippen LogP contribution in [0.1, 0.15) is 11.1 Å². The van der Waals surface area contributed by atoms with Crippen molar-refractivity contribution in [1.29, 1.82) is 5.26 Å². The first-order valence-corrected chi connectivity index (χ1v) is 8.47. The molecule has 0 saturated carbocycles. The number of rotatable bonds is 3. The molecule has 6 heteroatoms. The van der Waals surface area contributed by atoms with Gasteiger partial charge in [0.25, 0.3) is 0 Å². The molecule has 0 N–H and O–H groups in total. The minimum atomic E-state index is -4.03. The monoisotopic (exact) mass is 351 g/mol. The van der Waals surface area contributed by atoms with Gasteiger partial charge in [-0.2, -0.15) is 5.26 Å². The van der Waals surface area contributed by atoms with Crippen LogP contribution in [-0.2, 0) is 9.84 Å². The van der Waals surface area contributed by atoms with Gasteiger partial charge in [-0.3, -0.25) is 0 Å². The normalized spacial score (nSPS) is 12.0. The molecule has 0 amide bonds. The molecule has 112 valence electrons. The predicted molar refractivity (Wildman–Crippen MR) is 88.4 cm³/mol. The molecular formula is C16H11Cl2NO2S. The van der Waals surface area contributed by atoms with Crippen molar-refractivity contribution in [3.8, 4) is 6.07 Å². The maximum atomic E-state index is 12.6. The van der Waals surface area contributed by atoms with Crippen molar-refractivity contribution >= 4 is 39.1 Å². The number of benzene rings is 2. The third-order valence-corrected chi connectivity index (χ3v) is 5.30. The van der Waals surface area contributed by atoms with Crippen LogP contribution >= 0.6 is 23.2 Å². The van der Waals surface area contributed by atoms with Crippen molar-refractivity contribution in [2.24, 2.45) is 0 Å².